The summed E-state index contributed by atoms with van der Waals surface area (Å²) >= 11 is 0. The molecule has 3 aromatic rings. The van der Waals surface area contributed by atoms with Crippen LogP contribution in [0.15, 0.2) is 71.8 Å². The van der Waals surface area contributed by atoms with Crippen LogP contribution in [-0.4, -0.2) is 16.7 Å². The Morgan fingerprint density at radius 3 is 2.26 bits per heavy atom. The van der Waals surface area contributed by atoms with Crippen LogP contribution in [0, 0.1) is 0 Å². The number of benzene rings is 3. The molecule has 0 spiro atoms. The summed E-state index contributed by atoms with van der Waals surface area (Å²) in [4.78, 5) is 12.5. The Bertz CT molecular complexity index is 992. The highest BCUT2D eigenvalue weighted by molar-refractivity contribution is 6.01. The zero-order chi connectivity index (χ0) is 19.4. The van der Waals surface area contributed by atoms with Crippen LogP contribution >= 0.6 is 0 Å². The molecule has 0 atom stereocenters. The first-order valence-electron chi connectivity index (χ1n) is 8.97. The highest BCUT2D eigenvalue weighted by Crippen LogP contribution is 2.27. The van der Waals surface area contributed by atoms with Crippen molar-refractivity contribution in [3.8, 4) is 5.75 Å². The number of fused-ring (bicyclic) bond motifs is 1. The van der Waals surface area contributed by atoms with Crippen molar-refractivity contribution in [2.45, 2.75) is 32.6 Å². The minimum absolute atomic E-state index is 0.0522. The summed E-state index contributed by atoms with van der Waals surface area (Å²) in [7, 11) is 0. The predicted octanol–water partition coefficient (Wildman–Crippen LogP) is 5.02. The summed E-state index contributed by atoms with van der Waals surface area (Å²) in [5, 5.41) is 16.2. The largest absolute Gasteiger partial charge is 0.507 e. The number of phenolic OH excluding ortho intramolecular Hbond substituents is 1. The van der Waals surface area contributed by atoms with E-state index in [-0.39, 0.29) is 16.7 Å². The minimum atomic E-state index is -0.421. The van der Waals surface area contributed by atoms with Crippen LogP contribution in [0.1, 0.15) is 43.1 Å². The van der Waals surface area contributed by atoms with Crippen molar-refractivity contribution in [1.29, 1.82) is 0 Å². The van der Waals surface area contributed by atoms with Crippen LogP contribution in [0.4, 0.5) is 0 Å². The van der Waals surface area contributed by atoms with Crippen LogP contribution in [0.25, 0.3) is 10.8 Å². The number of amides is 1. The molecule has 3 rings (SSSR count). The zero-order valence-corrected chi connectivity index (χ0v) is 15.9. The van der Waals surface area contributed by atoms with Gasteiger partial charge in [0.15, 0.2) is 0 Å². The van der Waals surface area contributed by atoms with Gasteiger partial charge in [0.1, 0.15) is 5.75 Å². The fraction of sp³-hybridized carbons (Fsp3) is 0.217. The average molecular weight is 360 g/mol. The number of nitrogens with one attached hydrogen (secondary N) is 1. The molecule has 0 aliphatic rings. The third kappa shape index (κ3) is 4.34. The normalized spacial score (nSPS) is 12.2. The van der Waals surface area contributed by atoms with Gasteiger partial charge in [-0.05, 0) is 47.2 Å². The number of rotatable bonds is 5. The van der Waals surface area contributed by atoms with E-state index in [1.54, 1.807) is 12.1 Å². The van der Waals surface area contributed by atoms with Crippen LogP contribution < -0.4 is 5.43 Å². The van der Waals surface area contributed by atoms with E-state index in [4.69, 9.17) is 0 Å². The van der Waals surface area contributed by atoms with E-state index >= 15 is 0 Å². The van der Waals surface area contributed by atoms with Gasteiger partial charge in [-0.1, -0.05) is 68.4 Å². The molecule has 0 saturated carbocycles. The van der Waals surface area contributed by atoms with E-state index in [9.17, 15) is 9.90 Å². The maximum atomic E-state index is 12.5. The molecule has 0 aliphatic heterocycles. The van der Waals surface area contributed by atoms with Gasteiger partial charge in [-0.3, -0.25) is 4.79 Å². The summed E-state index contributed by atoms with van der Waals surface area (Å²) in [6.07, 6.45) is 0.709. The molecule has 0 radical (unpaired) electrons. The molecule has 0 unspecified atom stereocenters. The van der Waals surface area contributed by atoms with Crippen molar-refractivity contribution in [3.05, 3.63) is 77.9 Å². The average Bonchev–Trinajstić information content (AvgIpc) is 2.66. The maximum absolute atomic E-state index is 12.5. The molecule has 0 aliphatic carbocycles. The Morgan fingerprint density at radius 1 is 1.00 bits per heavy atom. The lowest BCUT2D eigenvalue weighted by Gasteiger charge is -2.25. The third-order valence-corrected chi connectivity index (χ3v) is 4.71. The quantitative estimate of drug-likeness (QED) is 0.496. The minimum Gasteiger partial charge on any atom is -0.507 e. The first-order valence-corrected chi connectivity index (χ1v) is 8.97. The van der Waals surface area contributed by atoms with E-state index in [2.05, 4.69) is 36.5 Å². The topological polar surface area (TPSA) is 61.7 Å². The fourth-order valence-electron chi connectivity index (χ4n) is 3.29. The van der Waals surface area contributed by atoms with E-state index in [1.165, 1.54) is 5.56 Å². The van der Waals surface area contributed by atoms with Gasteiger partial charge in [-0.2, -0.15) is 5.10 Å². The van der Waals surface area contributed by atoms with Crippen molar-refractivity contribution in [2.75, 3.05) is 0 Å². The zero-order valence-electron chi connectivity index (χ0n) is 15.9. The van der Waals surface area contributed by atoms with E-state index in [1.807, 2.05) is 49.4 Å². The Labute approximate surface area is 159 Å². The van der Waals surface area contributed by atoms with E-state index < -0.39 is 5.91 Å². The second-order valence-corrected chi connectivity index (χ2v) is 7.43. The first kappa shape index (κ1) is 18.6. The summed E-state index contributed by atoms with van der Waals surface area (Å²) in [5.74, 6) is -0.473. The lowest BCUT2D eigenvalue weighted by atomic mass is 9.80. The molecule has 0 heterocycles. The molecule has 0 aromatic heterocycles. The lowest BCUT2D eigenvalue weighted by molar-refractivity contribution is 0.0952. The second kappa shape index (κ2) is 7.62. The molecular formula is C23H24N2O2. The lowest BCUT2D eigenvalue weighted by Crippen LogP contribution is -2.24. The van der Waals surface area contributed by atoms with Crippen molar-refractivity contribution < 1.29 is 9.90 Å². The standard InChI is InChI=1S/C23H24N2O2/c1-16(15-23(2,3)19-11-5-4-6-12-19)24-25-22(27)20-13-17-9-7-8-10-18(17)14-21(20)26/h4-14,26H,15H2,1-3H3,(H,25,27)/b24-16+. The smallest absolute Gasteiger partial charge is 0.275 e. The number of phenols is 1. The number of nitrogens with zero attached hydrogens (tertiary/aromatic N) is 1. The molecule has 27 heavy (non-hydrogen) atoms. The van der Waals surface area contributed by atoms with Gasteiger partial charge in [0.05, 0.1) is 5.56 Å². The highest BCUT2D eigenvalue weighted by Gasteiger charge is 2.21. The second-order valence-electron chi connectivity index (χ2n) is 7.43. The number of carbonyl (C=O) groups excluding carboxylic acids is 1. The van der Waals surface area contributed by atoms with Crippen LogP contribution in [0.2, 0.25) is 0 Å². The molecule has 3 aromatic carbocycles. The fourth-order valence-corrected chi connectivity index (χ4v) is 3.29. The monoisotopic (exact) mass is 360 g/mol. The van der Waals surface area contributed by atoms with Crippen LogP contribution in [0.5, 0.6) is 5.75 Å². The van der Waals surface area contributed by atoms with Crippen molar-refractivity contribution in [1.82, 2.24) is 5.43 Å². The molecule has 0 saturated heterocycles. The third-order valence-electron chi connectivity index (χ3n) is 4.71. The SMILES string of the molecule is C/C(CC(C)(C)c1ccccc1)=N\NC(=O)c1cc2ccccc2cc1O. The van der Waals surface area contributed by atoms with E-state index in [0.717, 1.165) is 16.5 Å². The van der Waals surface area contributed by atoms with Gasteiger partial charge in [0, 0.05) is 5.71 Å². The first-order chi connectivity index (χ1) is 12.9. The number of carbonyl (C=O) groups is 1. The number of hydrogen-bond acceptors (Lipinski definition) is 3. The Morgan fingerprint density at radius 2 is 1.59 bits per heavy atom. The number of hydrazone groups is 1. The van der Waals surface area contributed by atoms with Gasteiger partial charge in [-0.15, -0.1) is 0 Å². The molecule has 0 fully saturated rings. The summed E-state index contributed by atoms with van der Waals surface area (Å²) in [5.41, 5.74) is 4.73. The van der Waals surface area contributed by atoms with Crippen LogP contribution in [0.3, 0.4) is 0 Å². The molecule has 2 N–H and O–H groups in total. The molecule has 138 valence electrons. The summed E-state index contributed by atoms with van der Waals surface area (Å²) in [6, 6.07) is 21.1. The molecule has 4 heteroatoms. The van der Waals surface area contributed by atoms with Crippen molar-refractivity contribution >= 4 is 22.4 Å². The van der Waals surface area contributed by atoms with Crippen molar-refractivity contribution in [2.24, 2.45) is 5.10 Å². The van der Waals surface area contributed by atoms with Gasteiger partial charge >= 0.3 is 0 Å². The Kier molecular flexibility index (Phi) is 5.26. The van der Waals surface area contributed by atoms with Crippen LogP contribution in [-0.2, 0) is 5.41 Å². The molecule has 0 bridgehead atoms. The van der Waals surface area contributed by atoms with Gasteiger partial charge in [0.25, 0.3) is 5.91 Å². The van der Waals surface area contributed by atoms with Gasteiger partial charge in [-0.25, -0.2) is 5.43 Å². The van der Waals surface area contributed by atoms with Gasteiger partial charge in [0.2, 0.25) is 0 Å². The predicted molar refractivity (Wildman–Crippen MR) is 110 cm³/mol. The summed E-state index contributed by atoms with van der Waals surface area (Å²) in [6.45, 7) is 6.20. The Hall–Kier alpha value is -3.14. The summed E-state index contributed by atoms with van der Waals surface area (Å²) < 4.78 is 0. The maximum Gasteiger partial charge on any atom is 0.275 e. The van der Waals surface area contributed by atoms with Gasteiger partial charge < -0.3 is 5.11 Å². The molecule has 4 nitrogen and oxygen atoms in total. The Balaban J connectivity index is 1.73. The number of aromatic hydroxyl groups is 1. The molecular weight excluding hydrogens is 336 g/mol. The molecule has 1 amide bonds. The number of hydrogen-bond donors (Lipinski definition) is 2. The van der Waals surface area contributed by atoms with E-state index in [0.29, 0.717) is 6.42 Å². The van der Waals surface area contributed by atoms with Crippen molar-refractivity contribution in [3.63, 3.8) is 0 Å². The highest BCUT2D eigenvalue weighted by atomic mass is 16.3.